The lowest BCUT2D eigenvalue weighted by Crippen LogP contribution is -2.28. The van der Waals surface area contributed by atoms with Gasteiger partial charge in [-0.2, -0.15) is 15.3 Å². The molecule has 0 saturated heterocycles. The van der Waals surface area contributed by atoms with E-state index in [0.29, 0.717) is 5.02 Å². The molecule has 0 aliphatic rings. The minimum atomic E-state index is -3.68. The molecule has 9 nitrogen and oxygen atoms in total. The van der Waals surface area contributed by atoms with E-state index in [9.17, 15) is 13.2 Å². The molecule has 124 valence electrons. The zero-order valence-electron chi connectivity index (χ0n) is 12.5. The Labute approximate surface area is 137 Å². The Morgan fingerprint density at radius 2 is 2.22 bits per heavy atom. The third-order valence-electron chi connectivity index (χ3n) is 2.73. The summed E-state index contributed by atoms with van der Waals surface area (Å²) >= 11 is 5.65. The van der Waals surface area contributed by atoms with Gasteiger partial charge in [0.15, 0.2) is 9.84 Å². The van der Waals surface area contributed by atoms with Crippen LogP contribution in [0.3, 0.4) is 0 Å². The fourth-order valence-corrected chi connectivity index (χ4v) is 3.06. The number of nitrogens with zero attached hydrogens (tertiary/aromatic N) is 5. The van der Waals surface area contributed by atoms with Gasteiger partial charge in [-0.1, -0.05) is 11.6 Å². The lowest BCUT2D eigenvalue weighted by atomic mass is 10.3. The smallest absolute Gasteiger partial charge is 0.255 e. The molecule has 1 amide bonds. The summed E-state index contributed by atoms with van der Waals surface area (Å²) in [4.78, 5) is 11.7. The van der Waals surface area contributed by atoms with E-state index in [1.807, 2.05) is 0 Å². The Hall–Kier alpha value is -2.20. The van der Waals surface area contributed by atoms with Crippen molar-refractivity contribution in [2.75, 3.05) is 5.75 Å². The maximum Gasteiger partial charge on any atom is 0.255 e. The normalized spacial score (nSPS) is 12.0. The molecule has 0 unspecified atom stereocenters. The van der Waals surface area contributed by atoms with Gasteiger partial charge in [0.2, 0.25) is 0 Å². The van der Waals surface area contributed by atoms with Crippen molar-refractivity contribution < 1.29 is 13.2 Å². The summed E-state index contributed by atoms with van der Waals surface area (Å²) in [5.74, 6) is -1.87. The Morgan fingerprint density at radius 3 is 2.78 bits per heavy atom. The van der Waals surface area contributed by atoms with Crippen LogP contribution in [0.5, 0.6) is 0 Å². The minimum Gasteiger partial charge on any atom is -0.275 e. The first-order valence-electron chi connectivity index (χ1n) is 6.46. The highest BCUT2D eigenvalue weighted by molar-refractivity contribution is 7.91. The minimum absolute atomic E-state index is 0.320. The second-order valence-electron chi connectivity index (χ2n) is 4.85. The van der Waals surface area contributed by atoms with E-state index >= 15 is 0 Å². The predicted molar refractivity (Wildman–Crippen MR) is 84.7 cm³/mol. The van der Waals surface area contributed by atoms with Crippen molar-refractivity contribution in [2.45, 2.75) is 12.8 Å². The molecule has 11 heteroatoms. The van der Waals surface area contributed by atoms with Gasteiger partial charge in [-0.25, -0.2) is 13.8 Å². The number of carbonyl (C=O) groups is 1. The van der Waals surface area contributed by atoms with Crippen LogP contribution in [-0.4, -0.2) is 45.9 Å². The molecule has 0 aliphatic heterocycles. The number of halogens is 1. The van der Waals surface area contributed by atoms with Crippen molar-refractivity contribution in [3.63, 3.8) is 0 Å². The van der Waals surface area contributed by atoms with Crippen molar-refractivity contribution in [1.82, 2.24) is 25.0 Å². The molecular weight excluding hydrogens is 344 g/mol. The van der Waals surface area contributed by atoms with E-state index in [-0.39, 0.29) is 0 Å². The maximum absolute atomic E-state index is 11.9. The first-order valence-corrected chi connectivity index (χ1v) is 8.65. The zero-order chi connectivity index (χ0) is 17.0. The number of rotatable bonds is 6. The average molecular weight is 359 g/mol. The molecule has 2 rings (SSSR count). The largest absolute Gasteiger partial charge is 0.275 e. The molecule has 0 fully saturated rings. The standard InChI is InChI=1S/C12H15ClN6O3S/c1-9-10(5-18(2)17-9)3-14-16-12(20)7-23(21,22)8-19-6-11(13)4-15-19/h3-6H,7-8H2,1-2H3,(H,16,20)/b14-3-. The fourth-order valence-electron chi connectivity index (χ4n) is 1.81. The highest BCUT2D eigenvalue weighted by Crippen LogP contribution is 2.06. The van der Waals surface area contributed by atoms with Crippen LogP contribution in [0.2, 0.25) is 5.02 Å². The van der Waals surface area contributed by atoms with Gasteiger partial charge in [0.1, 0.15) is 11.6 Å². The van der Waals surface area contributed by atoms with Crippen LogP contribution in [0.1, 0.15) is 11.3 Å². The summed E-state index contributed by atoms with van der Waals surface area (Å²) in [7, 11) is -1.92. The molecule has 2 aromatic rings. The molecule has 2 heterocycles. The van der Waals surface area contributed by atoms with E-state index in [1.165, 1.54) is 18.6 Å². The van der Waals surface area contributed by atoms with E-state index in [2.05, 4.69) is 20.7 Å². The number of nitrogens with one attached hydrogen (secondary N) is 1. The van der Waals surface area contributed by atoms with Crippen molar-refractivity contribution in [1.29, 1.82) is 0 Å². The molecule has 2 aromatic heterocycles. The van der Waals surface area contributed by atoms with Crippen molar-refractivity contribution in [3.05, 3.63) is 34.9 Å². The number of amides is 1. The molecule has 0 aliphatic carbocycles. The predicted octanol–water partition coefficient (Wildman–Crippen LogP) is 0.101. The van der Waals surface area contributed by atoms with Gasteiger partial charge in [0.05, 0.1) is 23.1 Å². The number of hydrogen-bond donors (Lipinski definition) is 1. The average Bonchev–Trinajstić information content (AvgIpc) is 2.94. The number of sulfone groups is 1. The van der Waals surface area contributed by atoms with Crippen LogP contribution < -0.4 is 5.43 Å². The van der Waals surface area contributed by atoms with Crippen molar-refractivity contribution >= 4 is 33.6 Å². The highest BCUT2D eigenvalue weighted by Gasteiger charge is 2.17. The van der Waals surface area contributed by atoms with Crippen LogP contribution >= 0.6 is 11.6 Å². The van der Waals surface area contributed by atoms with Crippen molar-refractivity contribution in [2.24, 2.45) is 12.1 Å². The fraction of sp³-hybridized carbons (Fsp3) is 0.333. The summed E-state index contributed by atoms with van der Waals surface area (Å²) < 4.78 is 26.5. The lowest BCUT2D eigenvalue weighted by Gasteiger charge is -2.03. The summed E-state index contributed by atoms with van der Waals surface area (Å²) in [6, 6.07) is 0. The van der Waals surface area contributed by atoms with Gasteiger partial charge in [-0.05, 0) is 6.92 Å². The topological polar surface area (TPSA) is 111 Å². The molecule has 0 radical (unpaired) electrons. The third kappa shape index (κ3) is 5.18. The van der Waals surface area contributed by atoms with Gasteiger partial charge >= 0.3 is 0 Å². The number of hydrazone groups is 1. The van der Waals surface area contributed by atoms with Crippen LogP contribution in [0.15, 0.2) is 23.7 Å². The van der Waals surface area contributed by atoms with Gasteiger partial charge in [-0.15, -0.1) is 0 Å². The van der Waals surface area contributed by atoms with E-state index in [0.717, 1.165) is 15.9 Å². The quantitative estimate of drug-likeness (QED) is 0.581. The van der Waals surface area contributed by atoms with Crippen LogP contribution in [-0.2, 0) is 27.6 Å². The van der Waals surface area contributed by atoms with Gasteiger partial charge in [0, 0.05) is 25.0 Å². The van der Waals surface area contributed by atoms with Gasteiger partial charge in [0.25, 0.3) is 5.91 Å². The maximum atomic E-state index is 11.9. The van der Waals surface area contributed by atoms with Crippen molar-refractivity contribution in [3.8, 4) is 0 Å². The third-order valence-corrected chi connectivity index (χ3v) is 4.28. The monoisotopic (exact) mass is 358 g/mol. The van der Waals surface area contributed by atoms with Crippen LogP contribution in [0, 0.1) is 6.92 Å². The van der Waals surface area contributed by atoms with Gasteiger partial charge in [-0.3, -0.25) is 14.2 Å². The summed E-state index contributed by atoms with van der Waals surface area (Å²) in [5, 5.41) is 11.9. The first-order chi connectivity index (χ1) is 10.7. The second kappa shape index (κ2) is 6.92. The molecular formula is C12H15ClN6O3S. The molecule has 0 bridgehead atoms. The molecule has 0 spiro atoms. The molecule has 23 heavy (non-hydrogen) atoms. The van der Waals surface area contributed by atoms with E-state index < -0.39 is 27.4 Å². The Bertz CT molecular complexity index is 839. The summed E-state index contributed by atoms with van der Waals surface area (Å²) in [6.45, 7) is 1.79. The van der Waals surface area contributed by atoms with Gasteiger partial charge < -0.3 is 0 Å². The number of carbonyl (C=O) groups excluding carboxylic acids is 1. The number of hydrogen-bond acceptors (Lipinski definition) is 6. The van der Waals surface area contributed by atoms with Crippen LogP contribution in [0.4, 0.5) is 0 Å². The molecule has 1 N–H and O–H groups in total. The zero-order valence-corrected chi connectivity index (χ0v) is 14.0. The summed E-state index contributed by atoms with van der Waals surface area (Å²) in [5.41, 5.74) is 3.64. The lowest BCUT2D eigenvalue weighted by molar-refractivity contribution is -0.118. The van der Waals surface area contributed by atoms with E-state index in [1.54, 1.807) is 24.9 Å². The first kappa shape index (κ1) is 17.2. The number of aryl methyl sites for hydroxylation is 2. The van der Waals surface area contributed by atoms with E-state index in [4.69, 9.17) is 11.6 Å². The SMILES string of the molecule is Cc1nn(C)cc1/C=N\NC(=O)CS(=O)(=O)Cn1cc(Cl)cn1. The molecule has 0 atom stereocenters. The summed E-state index contributed by atoms with van der Waals surface area (Å²) in [6.07, 6.45) is 5.81. The Balaban J connectivity index is 1.89. The second-order valence-corrected chi connectivity index (χ2v) is 7.32. The number of aromatic nitrogens is 4. The van der Waals surface area contributed by atoms with Crippen LogP contribution in [0.25, 0.3) is 0 Å². The molecule has 0 saturated carbocycles. The highest BCUT2D eigenvalue weighted by atomic mass is 35.5. The Kier molecular flexibility index (Phi) is 5.16. The molecule has 0 aromatic carbocycles. The Morgan fingerprint density at radius 1 is 1.48 bits per heavy atom.